The van der Waals surface area contributed by atoms with Crippen LogP contribution in [0.25, 0.3) is 0 Å². The third-order valence-corrected chi connectivity index (χ3v) is 1.63. The fourth-order valence-electron chi connectivity index (χ4n) is 0.731. The molecule has 0 heterocycles. The molecule has 0 aromatic heterocycles. The van der Waals surface area contributed by atoms with E-state index in [1.807, 2.05) is 0 Å². The maximum Gasteiger partial charge on any atom is 0.323 e. The molecule has 0 bridgehead atoms. The summed E-state index contributed by atoms with van der Waals surface area (Å²) in [6.45, 7) is 0.173. The summed E-state index contributed by atoms with van der Waals surface area (Å²) < 4.78 is 0. The summed E-state index contributed by atoms with van der Waals surface area (Å²) in [4.78, 5) is 33.7. The lowest BCUT2D eigenvalue weighted by molar-refractivity contribution is -0.145. The molecule has 80 valence electrons. The van der Waals surface area contributed by atoms with Gasteiger partial charge in [-0.05, 0) is 0 Å². The Morgan fingerprint density at radius 2 is 1.93 bits per heavy atom. The van der Waals surface area contributed by atoms with Crippen molar-refractivity contribution in [2.24, 2.45) is 5.84 Å². The Hall–Kier alpha value is -1.63. The highest BCUT2D eigenvalue weighted by molar-refractivity contribution is 6.34. The fraction of sp³-hybridized carbons (Fsp3) is 0.571. The molecule has 0 aliphatic heterocycles. The van der Waals surface area contributed by atoms with E-state index in [-0.39, 0.29) is 18.9 Å². The zero-order chi connectivity index (χ0) is 11.1. The zero-order valence-corrected chi connectivity index (χ0v) is 8.16. The summed E-state index contributed by atoms with van der Waals surface area (Å²) in [6.07, 6.45) is 0.149. The molecule has 0 aromatic carbocycles. The quantitative estimate of drug-likeness (QED) is 0.205. The van der Waals surface area contributed by atoms with Crippen molar-refractivity contribution >= 4 is 17.7 Å². The second-order valence-electron chi connectivity index (χ2n) is 2.62. The molecule has 0 unspecified atom stereocenters. The molecule has 0 spiro atoms. The van der Waals surface area contributed by atoms with Gasteiger partial charge in [-0.1, -0.05) is 0 Å². The van der Waals surface area contributed by atoms with Crippen LogP contribution in [-0.4, -0.2) is 43.3 Å². The predicted octanol–water partition coefficient (Wildman–Crippen LogP) is -2.43. The van der Waals surface area contributed by atoms with E-state index >= 15 is 0 Å². The van der Waals surface area contributed by atoms with Crippen LogP contribution in [-0.2, 0) is 14.4 Å². The Morgan fingerprint density at radius 1 is 1.36 bits per heavy atom. The number of nitrogens with two attached hydrogens (primary N) is 1. The van der Waals surface area contributed by atoms with Gasteiger partial charge in [0.05, 0.1) is 0 Å². The van der Waals surface area contributed by atoms with E-state index in [9.17, 15) is 14.4 Å². The van der Waals surface area contributed by atoms with Crippen LogP contribution in [0, 0.1) is 0 Å². The molecule has 0 saturated heterocycles. The molecular formula is C7H14N4O3. The molecule has 0 saturated carbocycles. The van der Waals surface area contributed by atoms with Gasteiger partial charge in [0.25, 0.3) is 0 Å². The minimum absolute atomic E-state index is 0.149. The number of amides is 3. The monoisotopic (exact) mass is 202 g/mol. The van der Waals surface area contributed by atoms with Crippen molar-refractivity contribution in [3.8, 4) is 0 Å². The van der Waals surface area contributed by atoms with Gasteiger partial charge in [0.2, 0.25) is 5.91 Å². The van der Waals surface area contributed by atoms with E-state index < -0.39 is 11.8 Å². The lowest BCUT2D eigenvalue weighted by Crippen LogP contribution is -2.44. The number of carbonyl (C=O) groups is 3. The zero-order valence-electron chi connectivity index (χ0n) is 8.16. The van der Waals surface area contributed by atoms with Gasteiger partial charge >= 0.3 is 11.8 Å². The second-order valence-corrected chi connectivity index (χ2v) is 2.62. The van der Waals surface area contributed by atoms with Crippen LogP contribution in [0.2, 0.25) is 0 Å². The minimum Gasteiger partial charge on any atom is -0.359 e. The number of hydrazine groups is 1. The topological polar surface area (TPSA) is 105 Å². The highest BCUT2D eigenvalue weighted by Gasteiger charge is 2.17. The van der Waals surface area contributed by atoms with Gasteiger partial charge < -0.3 is 10.2 Å². The molecule has 0 atom stereocenters. The smallest absolute Gasteiger partial charge is 0.323 e. The van der Waals surface area contributed by atoms with Crippen LogP contribution >= 0.6 is 0 Å². The lowest BCUT2D eigenvalue weighted by Gasteiger charge is -2.14. The van der Waals surface area contributed by atoms with Crippen molar-refractivity contribution in [1.29, 1.82) is 0 Å². The third-order valence-electron chi connectivity index (χ3n) is 1.63. The third kappa shape index (κ3) is 3.85. The van der Waals surface area contributed by atoms with Crippen molar-refractivity contribution in [2.75, 3.05) is 20.6 Å². The summed E-state index contributed by atoms with van der Waals surface area (Å²) >= 11 is 0. The molecular weight excluding hydrogens is 188 g/mol. The number of likely N-dealkylation sites (N-methyl/N-ethyl adjacent to an activating group) is 1. The Kier molecular flexibility index (Phi) is 5.23. The molecule has 0 rings (SSSR count). The maximum absolute atomic E-state index is 11.1. The Labute approximate surface area is 81.6 Å². The SMILES string of the molecule is CNC(=O)CCN(C)C(=O)C(=O)NN. The van der Waals surface area contributed by atoms with Gasteiger partial charge in [-0.2, -0.15) is 0 Å². The Morgan fingerprint density at radius 3 is 2.36 bits per heavy atom. The molecule has 0 radical (unpaired) electrons. The van der Waals surface area contributed by atoms with E-state index in [1.54, 1.807) is 5.43 Å². The fourth-order valence-corrected chi connectivity index (χ4v) is 0.731. The van der Waals surface area contributed by atoms with Crippen LogP contribution in [0.1, 0.15) is 6.42 Å². The second kappa shape index (κ2) is 5.92. The van der Waals surface area contributed by atoms with Crippen molar-refractivity contribution in [3.63, 3.8) is 0 Å². The number of hydrogen-bond donors (Lipinski definition) is 3. The number of nitrogens with zero attached hydrogens (tertiary/aromatic N) is 1. The normalized spacial score (nSPS) is 9.07. The van der Waals surface area contributed by atoms with Crippen molar-refractivity contribution < 1.29 is 14.4 Å². The van der Waals surface area contributed by atoms with Gasteiger partial charge in [0.1, 0.15) is 0 Å². The van der Waals surface area contributed by atoms with Crippen LogP contribution in [0.5, 0.6) is 0 Å². The molecule has 0 aliphatic carbocycles. The van der Waals surface area contributed by atoms with Crippen LogP contribution in [0.3, 0.4) is 0 Å². The number of rotatable bonds is 3. The molecule has 7 nitrogen and oxygen atoms in total. The van der Waals surface area contributed by atoms with Crippen molar-refractivity contribution in [2.45, 2.75) is 6.42 Å². The molecule has 14 heavy (non-hydrogen) atoms. The standard InChI is InChI=1S/C7H14N4O3/c1-9-5(12)3-4-11(2)7(14)6(13)10-8/h3-4,8H2,1-2H3,(H,9,12)(H,10,13). The van der Waals surface area contributed by atoms with Crippen molar-refractivity contribution in [3.05, 3.63) is 0 Å². The van der Waals surface area contributed by atoms with Crippen molar-refractivity contribution in [1.82, 2.24) is 15.6 Å². The van der Waals surface area contributed by atoms with E-state index in [0.29, 0.717) is 0 Å². The first kappa shape index (κ1) is 12.4. The average molecular weight is 202 g/mol. The summed E-state index contributed by atoms with van der Waals surface area (Å²) in [7, 11) is 2.91. The molecule has 3 amide bonds. The Bertz CT molecular complexity index is 241. The molecule has 4 N–H and O–H groups in total. The maximum atomic E-state index is 11.1. The molecule has 0 aromatic rings. The van der Waals surface area contributed by atoms with Gasteiger partial charge in [-0.15, -0.1) is 0 Å². The van der Waals surface area contributed by atoms with E-state index in [0.717, 1.165) is 4.90 Å². The highest BCUT2D eigenvalue weighted by Crippen LogP contribution is 1.88. The minimum atomic E-state index is -0.899. The average Bonchev–Trinajstić information content (AvgIpc) is 2.22. The first-order valence-electron chi connectivity index (χ1n) is 3.99. The lowest BCUT2D eigenvalue weighted by atomic mass is 10.3. The van der Waals surface area contributed by atoms with Gasteiger partial charge in [-0.3, -0.25) is 19.8 Å². The van der Waals surface area contributed by atoms with E-state index in [2.05, 4.69) is 5.32 Å². The van der Waals surface area contributed by atoms with Crippen LogP contribution in [0.4, 0.5) is 0 Å². The largest absolute Gasteiger partial charge is 0.359 e. The number of hydrogen-bond acceptors (Lipinski definition) is 4. The summed E-state index contributed by atoms with van der Waals surface area (Å²) in [6, 6.07) is 0. The molecule has 7 heteroatoms. The Balaban J connectivity index is 3.96. The van der Waals surface area contributed by atoms with E-state index in [1.165, 1.54) is 14.1 Å². The summed E-state index contributed by atoms with van der Waals surface area (Å²) in [5.74, 6) is 2.90. The summed E-state index contributed by atoms with van der Waals surface area (Å²) in [5, 5.41) is 2.40. The molecule has 0 fully saturated rings. The van der Waals surface area contributed by atoms with Crippen LogP contribution in [0.15, 0.2) is 0 Å². The first-order chi connectivity index (χ1) is 6.52. The predicted molar refractivity (Wildman–Crippen MR) is 48.7 cm³/mol. The molecule has 0 aliphatic rings. The number of carbonyl (C=O) groups excluding carboxylic acids is 3. The number of nitrogens with one attached hydrogen (secondary N) is 2. The first-order valence-corrected chi connectivity index (χ1v) is 3.99. The summed E-state index contributed by atoms with van der Waals surface area (Å²) in [5.41, 5.74) is 1.72. The van der Waals surface area contributed by atoms with E-state index in [4.69, 9.17) is 5.84 Å². The highest BCUT2D eigenvalue weighted by atomic mass is 16.2. The van der Waals surface area contributed by atoms with Gasteiger partial charge in [0, 0.05) is 27.1 Å². The van der Waals surface area contributed by atoms with Crippen LogP contribution < -0.4 is 16.6 Å². The van der Waals surface area contributed by atoms with Gasteiger partial charge in [0.15, 0.2) is 0 Å². The van der Waals surface area contributed by atoms with Gasteiger partial charge in [-0.25, -0.2) is 5.84 Å².